The quantitative estimate of drug-likeness (QED) is 0.647. The van der Waals surface area contributed by atoms with Crippen LogP contribution in [0.25, 0.3) is 0 Å². The molecule has 0 amide bonds. The fourth-order valence-electron chi connectivity index (χ4n) is 3.27. The molecule has 2 rings (SSSR count). The number of nitro groups is 1. The van der Waals surface area contributed by atoms with E-state index in [1.165, 1.54) is 12.6 Å². The lowest BCUT2D eigenvalue weighted by Gasteiger charge is -2.40. The van der Waals surface area contributed by atoms with Gasteiger partial charge in [0.05, 0.1) is 9.40 Å². The lowest BCUT2D eigenvalue weighted by atomic mass is 9.83. The summed E-state index contributed by atoms with van der Waals surface area (Å²) in [6.07, 6.45) is 7.40. The highest BCUT2D eigenvalue weighted by atomic mass is 79.9. The van der Waals surface area contributed by atoms with E-state index < -0.39 is 0 Å². The van der Waals surface area contributed by atoms with E-state index in [-0.39, 0.29) is 16.7 Å². The van der Waals surface area contributed by atoms with Crippen LogP contribution in [0.15, 0.2) is 16.9 Å². The average Bonchev–Trinajstić information content (AvgIpc) is 2.49. The summed E-state index contributed by atoms with van der Waals surface area (Å²) in [6, 6.07) is 0.256. The molecule has 2 atom stereocenters. The molecule has 0 spiro atoms. The van der Waals surface area contributed by atoms with E-state index in [9.17, 15) is 10.1 Å². The van der Waals surface area contributed by atoms with Gasteiger partial charge < -0.3 is 10.6 Å². The molecule has 0 aliphatic heterocycles. The summed E-state index contributed by atoms with van der Waals surface area (Å²) in [6.45, 7) is 3.36. The Hall–Kier alpha value is -1.21. The minimum atomic E-state index is -0.365. The molecule has 1 aromatic heterocycles. The minimum Gasteiger partial charge on any atom is -0.362 e. The van der Waals surface area contributed by atoms with Gasteiger partial charge in [-0.3, -0.25) is 15.1 Å². The maximum absolute atomic E-state index is 11.3. The Balaban J connectivity index is 2.43. The molecule has 21 heavy (non-hydrogen) atoms. The Labute approximate surface area is 133 Å². The molecule has 0 radical (unpaired) electrons. The van der Waals surface area contributed by atoms with Crippen LogP contribution in [0.4, 0.5) is 11.4 Å². The fourth-order valence-corrected chi connectivity index (χ4v) is 3.82. The van der Waals surface area contributed by atoms with E-state index in [1.54, 1.807) is 6.20 Å². The molecule has 1 aromatic rings. The summed E-state index contributed by atoms with van der Waals surface area (Å²) < 4.78 is 0.667. The first-order valence-corrected chi connectivity index (χ1v) is 8.14. The third-order valence-electron chi connectivity index (χ3n) is 4.25. The van der Waals surface area contributed by atoms with Crippen molar-refractivity contribution in [3.8, 4) is 0 Å². The topological polar surface area (TPSA) is 85.3 Å². The summed E-state index contributed by atoms with van der Waals surface area (Å²) >= 11 is 3.43. The first-order valence-electron chi connectivity index (χ1n) is 7.34. The fraction of sp³-hybridized carbons (Fsp3) is 0.643. The minimum absolute atomic E-state index is 0.0487. The summed E-state index contributed by atoms with van der Waals surface area (Å²) in [7, 11) is 0. The van der Waals surface area contributed by atoms with E-state index in [2.05, 4.69) is 25.8 Å². The Morgan fingerprint density at radius 2 is 2.19 bits per heavy atom. The Morgan fingerprint density at radius 1 is 1.48 bits per heavy atom. The molecule has 7 heteroatoms. The third kappa shape index (κ3) is 3.35. The number of anilines is 1. The van der Waals surface area contributed by atoms with Crippen LogP contribution in [0.3, 0.4) is 0 Å². The third-order valence-corrected chi connectivity index (χ3v) is 4.83. The number of halogens is 1. The van der Waals surface area contributed by atoms with Gasteiger partial charge in [0.25, 0.3) is 0 Å². The highest BCUT2D eigenvalue weighted by Gasteiger charge is 2.33. The number of nitrogens with zero attached hydrogens (tertiary/aromatic N) is 3. The van der Waals surface area contributed by atoms with Gasteiger partial charge in [0.2, 0.25) is 0 Å². The molecule has 0 saturated heterocycles. The predicted molar refractivity (Wildman–Crippen MR) is 86.4 cm³/mol. The number of hydrogen-bond acceptors (Lipinski definition) is 5. The second-order valence-electron chi connectivity index (χ2n) is 5.38. The van der Waals surface area contributed by atoms with Gasteiger partial charge in [-0.15, -0.1) is 0 Å². The monoisotopic (exact) mass is 356 g/mol. The Kier molecular flexibility index (Phi) is 5.52. The van der Waals surface area contributed by atoms with E-state index in [4.69, 9.17) is 5.73 Å². The van der Waals surface area contributed by atoms with Gasteiger partial charge in [-0.25, -0.2) is 0 Å². The lowest BCUT2D eigenvalue weighted by molar-refractivity contribution is -0.384. The van der Waals surface area contributed by atoms with E-state index >= 15 is 0 Å². The number of hydrogen-bond donors (Lipinski definition) is 1. The predicted octanol–water partition coefficient (Wildman–Crippen LogP) is 3.10. The molecule has 6 nitrogen and oxygen atoms in total. The SMILES string of the molecule is CCN(c1c(Br)cncc1[N+](=O)[O-])C1CCCCC1CN. The van der Waals surface area contributed by atoms with Gasteiger partial charge in [-0.05, 0) is 48.2 Å². The van der Waals surface area contributed by atoms with Gasteiger partial charge in [0.15, 0.2) is 0 Å². The molecule has 116 valence electrons. The summed E-state index contributed by atoms with van der Waals surface area (Å²) in [5, 5.41) is 11.3. The van der Waals surface area contributed by atoms with Crippen molar-refractivity contribution < 1.29 is 4.92 Å². The maximum atomic E-state index is 11.3. The van der Waals surface area contributed by atoms with E-state index in [1.807, 2.05) is 6.92 Å². The van der Waals surface area contributed by atoms with Crippen LogP contribution < -0.4 is 10.6 Å². The molecular formula is C14H21BrN4O2. The Morgan fingerprint density at radius 3 is 2.81 bits per heavy atom. The van der Waals surface area contributed by atoms with Crippen LogP contribution >= 0.6 is 15.9 Å². The Bertz CT molecular complexity index is 512. The van der Waals surface area contributed by atoms with Crippen LogP contribution in [-0.2, 0) is 0 Å². The molecular weight excluding hydrogens is 336 g/mol. The lowest BCUT2D eigenvalue weighted by Crippen LogP contribution is -2.45. The van der Waals surface area contributed by atoms with Gasteiger partial charge >= 0.3 is 5.69 Å². The summed E-state index contributed by atoms with van der Waals surface area (Å²) in [5.41, 5.74) is 6.59. The highest BCUT2D eigenvalue weighted by molar-refractivity contribution is 9.10. The van der Waals surface area contributed by atoms with Crippen LogP contribution in [0.1, 0.15) is 32.6 Å². The second kappa shape index (κ2) is 7.17. The van der Waals surface area contributed by atoms with Crippen LogP contribution in [0.2, 0.25) is 0 Å². The highest BCUT2D eigenvalue weighted by Crippen LogP contribution is 2.39. The van der Waals surface area contributed by atoms with Crippen molar-refractivity contribution in [2.75, 3.05) is 18.0 Å². The summed E-state index contributed by atoms with van der Waals surface area (Å²) in [5.74, 6) is 0.387. The van der Waals surface area contributed by atoms with Crippen LogP contribution in [0, 0.1) is 16.0 Å². The zero-order valence-electron chi connectivity index (χ0n) is 12.2. The standard InChI is InChI=1S/C14H21BrN4O2/c1-2-18(12-6-4-3-5-10(12)7-16)14-11(15)8-17-9-13(14)19(20)21/h8-10,12H,2-7,16H2,1H3. The summed E-state index contributed by atoms with van der Waals surface area (Å²) in [4.78, 5) is 17.0. The molecule has 0 aromatic carbocycles. The molecule has 1 fully saturated rings. The zero-order valence-corrected chi connectivity index (χ0v) is 13.8. The van der Waals surface area contributed by atoms with Crippen molar-refractivity contribution in [3.05, 3.63) is 27.0 Å². The first kappa shape index (κ1) is 16.2. The molecule has 1 aliphatic rings. The maximum Gasteiger partial charge on any atom is 0.311 e. The number of aromatic nitrogens is 1. The van der Waals surface area contributed by atoms with Gasteiger partial charge in [-0.1, -0.05) is 12.8 Å². The van der Waals surface area contributed by atoms with Crippen molar-refractivity contribution in [1.29, 1.82) is 0 Å². The van der Waals surface area contributed by atoms with Crippen molar-refractivity contribution in [3.63, 3.8) is 0 Å². The second-order valence-corrected chi connectivity index (χ2v) is 6.23. The van der Waals surface area contributed by atoms with Crippen molar-refractivity contribution >= 4 is 27.3 Å². The smallest absolute Gasteiger partial charge is 0.311 e. The van der Waals surface area contributed by atoms with Gasteiger partial charge in [-0.2, -0.15) is 0 Å². The molecule has 2 N–H and O–H groups in total. The van der Waals surface area contributed by atoms with E-state index in [0.717, 1.165) is 19.3 Å². The van der Waals surface area contributed by atoms with Crippen molar-refractivity contribution in [2.45, 2.75) is 38.6 Å². The van der Waals surface area contributed by atoms with Crippen molar-refractivity contribution in [1.82, 2.24) is 4.98 Å². The average molecular weight is 357 g/mol. The largest absolute Gasteiger partial charge is 0.362 e. The van der Waals surface area contributed by atoms with Gasteiger partial charge in [0.1, 0.15) is 11.9 Å². The van der Waals surface area contributed by atoms with E-state index in [0.29, 0.717) is 29.2 Å². The van der Waals surface area contributed by atoms with Crippen LogP contribution in [0.5, 0.6) is 0 Å². The molecule has 0 bridgehead atoms. The number of rotatable bonds is 5. The number of pyridine rings is 1. The van der Waals surface area contributed by atoms with Crippen LogP contribution in [-0.4, -0.2) is 29.0 Å². The zero-order chi connectivity index (χ0) is 15.4. The van der Waals surface area contributed by atoms with Gasteiger partial charge in [0, 0.05) is 18.8 Å². The normalized spacial score (nSPS) is 22.0. The number of nitrogens with two attached hydrogens (primary N) is 1. The molecule has 1 saturated carbocycles. The molecule has 1 heterocycles. The molecule has 1 aliphatic carbocycles. The van der Waals surface area contributed by atoms with Crippen molar-refractivity contribution in [2.24, 2.45) is 11.7 Å². The first-order chi connectivity index (χ1) is 10.1. The molecule has 2 unspecified atom stereocenters.